The lowest BCUT2D eigenvalue weighted by Gasteiger charge is -2.03. The van der Waals surface area contributed by atoms with Crippen LogP contribution in [-0.2, 0) is 11.3 Å². The Morgan fingerprint density at radius 2 is 2.00 bits per heavy atom. The molecule has 1 aromatic rings. The fourth-order valence-electron chi connectivity index (χ4n) is 0.929. The van der Waals surface area contributed by atoms with Crippen molar-refractivity contribution >= 4 is 18.9 Å². The molecule has 0 aliphatic carbocycles. The molecule has 1 unspecified atom stereocenters. The highest BCUT2D eigenvalue weighted by Crippen LogP contribution is 2.17. The van der Waals surface area contributed by atoms with Gasteiger partial charge in [-0.05, 0) is 11.1 Å². The van der Waals surface area contributed by atoms with E-state index < -0.39 is 0 Å². The Hall–Kier alpha value is -0.800. The van der Waals surface area contributed by atoms with Gasteiger partial charge in [0, 0.05) is 6.54 Å². The highest BCUT2D eigenvalue weighted by Gasteiger charge is 2.02. The van der Waals surface area contributed by atoms with Gasteiger partial charge >= 0.3 is 0 Å². The molecule has 0 aromatic heterocycles. The first-order chi connectivity index (χ1) is 5.77. The van der Waals surface area contributed by atoms with Crippen LogP contribution in [0.1, 0.15) is 16.4 Å². The summed E-state index contributed by atoms with van der Waals surface area (Å²) in [5, 5.41) is -0.322. The van der Waals surface area contributed by atoms with Crippen LogP contribution in [0.25, 0.3) is 0 Å². The van der Waals surface area contributed by atoms with Gasteiger partial charge < -0.3 is 10.5 Å². The molecule has 0 saturated heterocycles. The van der Waals surface area contributed by atoms with Gasteiger partial charge in [0.25, 0.3) is 0 Å². The zero-order chi connectivity index (χ0) is 8.97. The van der Waals surface area contributed by atoms with Gasteiger partial charge in [-0.2, -0.15) is 12.6 Å². The molecular weight excluding hydrogens is 170 g/mol. The van der Waals surface area contributed by atoms with Crippen molar-refractivity contribution in [3.63, 3.8) is 0 Å². The first kappa shape index (κ1) is 9.29. The van der Waals surface area contributed by atoms with Gasteiger partial charge in [0.1, 0.15) is 6.29 Å². The topological polar surface area (TPSA) is 43.1 Å². The van der Waals surface area contributed by atoms with E-state index in [9.17, 15) is 4.79 Å². The van der Waals surface area contributed by atoms with Gasteiger partial charge in [0.05, 0.1) is 5.25 Å². The summed E-state index contributed by atoms with van der Waals surface area (Å²) in [7, 11) is 0. The van der Waals surface area contributed by atoms with Crippen LogP contribution in [0.4, 0.5) is 0 Å². The number of carbonyl (C=O) groups is 1. The molecule has 0 amide bonds. The monoisotopic (exact) mass is 181 g/mol. The lowest BCUT2D eigenvalue weighted by atomic mass is 10.1. The molecular formula is C9H11NOS. The molecule has 64 valence electrons. The van der Waals surface area contributed by atoms with Crippen molar-refractivity contribution in [3.05, 3.63) is 35.4 Å². The quantitative estimate of drug-likeness (QED) is 0.545. The molecule has 1 aromatic carbocycles. The van der Waals surface area contributed by atoms with E-state index in [4.69, 9.17) is 5.73 Å². The van der Waals surface area contributed by atoms with Gasteiger partial charge in [-0.25, -0.2) is 0 Å². The van der Waals surface area contributed by atoms with E-state index in [1.807, 2.05) is 24.3 Å². The number of rotatable bonds is 3. The third-order valence-corrected chi connectivity index (χ3v) is 2.11. The minimum Gasteiger partial charge on any atom is -0.326 e. The summed E-state index contributed by atoms with van der Waals surface area (Å²) >= 11 is 4.08. The van der Waals surface area contributed by atoms with Gasteiger partial charge in [0.2, 0.25) is 0 Å². The van der Waals surface area contributed by atoms with E-state index in [0.717, 1.165) is 17.4 Å². The third kappa shape index (κ3) is 2.09. The van der Waals surface area contributed by atoms with Crippen LogP contribution in [0.15, 0.2) is 24.3 Å². The number of nitrogens with two attached hydrogens (primary N) is 1. The van der Waals surface area contributed by atoms with Crippen LogP contribution in [0.2, 0.25) is 0 Å². The molecule has 1 rings (SSSR count). The van der Waals surface area contributed by atoms with Crippen molar-refractivity contribution in [2.24, 2.45) is 5.73 Å². The van der Waals surface area contributed by atoms with Crippen LogP contribution in [0, 0.1) is 0 Å². The molecule has 0 radical (unpaired) electrons. The molecule has 0 saturated carbocycles. The molecule has 0 aliphatic heterocycles. The van der Waals surface area contributed by atoms with Crippen molar-refractivity contribution in [3.8, 4) is 0 Å². The summed E-state index contributed by atoms with van der Waals surface area (Å²) in [6.07, 6.45) is 0.806. The van der Waals surface area contributed by atoms with Gasteiger partial charge in [0.15, 0.2) is 0 Å². The summed E-state index contributed by atoms with van der Waals surface area (Å²) in [6.45, 7) is 0.526. The molecule has 0 bridgehead atoms. The zero-order valence-electron chi connectivity index (χ0n) is 6.60. The van der Waals surface area contributed by atoms with Crippen LogP contribution in [0.5, 0.6) is 0 Å². The number of thiol groups is 1. The smallest absolute Gasteiger partial charge is 0.137 e. The fraction of sp³-hybridized carbons (Fsp3) is 0.222. The Kier molecular flexibility index (Phi) is 3.31. The van der Waals surface area contributed by atoms with Gasteiger partial charge in [-0.15, -0.1) is 0 Å². The maximum absolute atomic E-state index is 10.4. The van der Waals surface area contributed by atoms with E-state index in [-0.39, 0.29) is 5.25 Å². The second-order valence-corrected chi connectivity index (χ2v) is 3.08. The molecule has 0 spiro atoms. The summed E-state index contributed by atoms with van der Waals surface area (Å²) in [5.41, 5.74) is 7.39. The Bertz CT molecular complexity index is 258. The van der Waals surface area contributed by atoms with Crippen molar-refractivity contribution in [2.75, 3.05) is 0 Å². The molecule has 1 atom stereocenters. The Morgan fingerprint density at radius 3 is 2.42 bits per heavy atom. The van der Waals surface area contributed by atoms with E-state index in [1.54, 1.807) is 0 Å². The van der Waals surface area contributed by atoms with Crippen molar-refractivity contribution < 1.29 is 4.79 Å². The molecule has 2 nitrogen and oxygen atoms in total. The van der Waals surface area contributed by atoms with Crippen LogP contribution >= 0.6 is 12.6 Å². The minimum absolute atomic E-state index is 0.322. The predicted molar refractivity (Wildman–Crippen MR) is 52.1 cm³/mol. The van der Waals surface area contributed by atoms with Crippen LogP contribution in [-0.4, -0.2) is 6.29 Å². The zero-order valence-corrected chi connectivity index (χ0v) is 7.50. The second kappa shape index (κ2) is 4.28. The maximum Gasteiger partial charge on any atom is 0.137 e. The molecule has 3 heteroatoms. The third-order valence-electron chi connectivity index (χ3n) is 1.69. The van der Waals surface area contributed by atoms with E-state index >= 15 is 0 Å². The summed E-state index contributed by atoms with van der Waals surface area (Å²) in [6, 6.07) is 7.55. The normalized spacial score (nSPS) is 12.5. The Morgan fingerprint density at radius 1 is 1.42 bits per heavy atom. The molecule has 0 fully saturated rings. The first-order valence-corrected chi connectivity index (χ1v) is 4.22. The highest BCUT2D eigenvalue weighted by molar-refractivity contribution is 7.81. The summed E-state index contributed by atoms with van der Waals surface area (Å²) in [5.74, 6) is 0. The van der Waals surface area contributed by atoms with E-state index in [1.165, 1.54) is 0 Å². The lowest BCUT2D eigenvalue weighted by molar-refractivity contribution is -0.107. The highest BCUT2D eigenvalue weighted by atomic mass is 32.1. The van der Waals surface area contributed by atoms with E-state index in [2.05, 4.69) is 12.6 Å². The number of benzene rings is 1. The van der Waals surface area contributed by atoms with Crippen molar-refractivity contribution in [1.82, 2.24) is 0 Å². The standard InChI is InChI=1S/C9H11NOS/c10-5-7-1-3-8(4-2-7)9(12)6-11/h1-4,6,9,12H,5,10H2. The molecule has 12 heavy (non-hydrogen) atoms. The fourth-order valence-corrected chi connectivity index (χ4v) is 1.10. The number of carbonyl (C=O) groups excluding carboxylic acids is 1. The average molecular weight is 181 g/mol. The first-order valence-electron chi connectivity index (χ1n) is 3.70. The Balaban J connectivity index is 2.84. The second-order valence-electron chi connectivity index (χ2n) is 2.53. The Labute approximate surface area is 77.2 Å². The SMILES string of the molecule is NCc1ccc(C(S)C=O)cc1. The molecule has 2 N–H and O–H groups in total. The molecule has 0 heterocycles. The van der Waals surface area contributed by atoms with Gasteiger partial charge in [-0.1, -0.05) is 24.3 Å². The molecule has 0 aliphatic rings. The lowest BCUT2D eigenvalue weighted by Crippen LogP contribution is -1.97. The van der Waals surface area contributed by atoms with Crippen LogP contribution in [0.3, 0.4) is 0 Å². The van der Waals surface area contributed by atoms with E-state index in [0.29, 0.717) is 6.54 Å². The maximum atomic E-state index is 10.4. The summed E-state index contributed by atoms with van der Waals surface area (Å²) in [4.78, 5) is 10.4. The largest absolute Gasteiger partial charge is 0.326 e. The summed E-state index contributed by atoms with van der Waals surface area (Å²) < 4.78 is 0. The van der Waals surface area contributed by atoms with Crippen molar-refractivity contribution in [2.45, 2.75) is 11.8 Å². The van der Waals surface area contributed by atoms with Crippen molar-refractivity contribution in [1.29, 1.82) is 0 Å². The van der Waals surface area contributed by atoms with Crippen LogP contribution < -0.4 is 5.73 Å². The number of hydrogen-bond acceptors (Lipinski definition) is 3. The van der Waals surface area contributed by atoms with Gasteiger partial charge in [-0.3, -0.25) is 0 Å². The average Bonchev–Trinajstić information content (AvgIpc) is 2.17. The number of hydrogen-bond donors (Lipinski definition) is 2. The minimum atomic E-state index is -0.322. The predicted octanol–water partition coefficient (Wildman–Crippen LogP) is 1.32. The number of aldehydes is 1.